The van der Waals surface area contributed by atoms with Crippen molar-refractivity contribution in [1.82, 2.24) is 15.3 Å². The van der Waals surface area contributed by atoms with E-state index in [9.17, 15) is 0 Å². The van der Waals surface area contributed by atoms with Crippen LogP contribution in [-0.2, 0) is 11.3 Å². The molecule has 3 aromatic rings. The number of morpholine rings is 1. The Labute approximate surface area is 191 Å². The topological polar surface area (TPSA) is 71.5 Å². The van der Waals surface area contributed by atoms with Crippen molar-refractivity contribution in [2.45, 2.75) is 6.54 Å². The fourth-order valence-corrected chi connectivity index (χ4v) is 3.41. The highest BCUT2D eigenvalue weighted by Gasteiger charge is 2.16. The van der Waals surface area contributed by atoms with Crippen molar-refractivity contribution in [2.75, 3.05) is 36.5 Å². The van der Waals surface area contributed by atoms with E-state index < -0.39 is 0 Å². The molecule has 0 saturated carbocycles. The molecule has 9 heteroatoms. The molecule has 0 amide bonds. The molecule has 1 fully saturated rings. The Morgan fingerprint density at radius 3 is 2.58 bits per heavy atom. The molecule has 0 radical (unpaired) electrons. The van der Waals surface area contributed by atoms with E-state index >= 15 is 0 Å². The van der Waals surface area contributed by atoms with Crippen LogP contribution in [0.3, 0.4) is 0 Å². The minimum Gasteiger partial charge on any atom is -0.439 e. The molecule has 0 bridgehead atoms. The molecular formula is C22H22ClN5O2S. The third-order valence-corrected chi connectivity index (χ3v) is 5.23. The first-order valence-corrected chi connectivity index (χ1v) is 10.7. The number of hydrogen-bond acceptors (Lipinski definition) is 6. The molecule has 1 aromatic heterocycles. The highest BCUT2D eigenvalue weighted by Crippen LogP contribution is 2.25. The molecule has 160 valence electrons. The molecule has 1 aliphatic rings. The van der Waals surface area contributed by atoms with Gasteiger partial charge >= 0.3 is 0 Å². The first-order valence-electron chi connectivity index (χ1n) is 9.90. The Kier molecular flexibility index (Phi) is 7.14. The maximum Gasteiger partial charge on any atom is 0.234 e. The van der Waals surface area contributed by atoms with E-state index in [1.165, 1.54) is 0 Å². The van der Waals surface area contributed by atoms with E-state index in [0.717, 1.165) is 24.5 Å². The Balaban J connectivity index is 1.50. The summed E-state index contributed by atoms with van der Waals surface area (Å²) in [6, 6.07) is 18.9. The Morgan fingerprint density at radius 2 is 1.81 bits per heavy atom. The van der Waals surface area contributed by atoms with Gasteiger partial charge in [0.1, 0.15) is 11.6 Å². The number of anilines is 2. The van der Waals surface area contributed by atoms with Crippen molar-refractivity contribution in [3.8, 4) is 11.6 Å². The van der Waals surface area contributed by atoms with Gasteiger partial charge in [-0.25, -0.2) is 0 Å². The molecule has 0 atom stereocenters. The van der Waals surface area contributed by atoms with Crippen LogP contribution in [-0.4, -0.2) is 41.4 Å². The Hall–Kier alpha value is -2.94. The summed E-state index contributed by atoms with van der Waals surface area (Å²) in [4.78, 5) is 11.2. The number of nitrogens with one attached hydrogen (secondary N) is 2. The van der Waals surface area contributed by atoms with Crippen molar-refractivity contribution < 1.29 is 9.47 Å². The number of ether oxygens (including phenoxy) is 2. The molecule has 0 unspecified atom stereocenters. The maximum atomic E-state index is 6.21. The van der Waals surface area contributed by atoms with Crippen LogP contribution in [0.1, 0.15) is 5.56 Å². The number of para-hydroxylation sites is 1. The van der Waals surface area contributed by atoms with Gasteiger partial charge < -0.3 is 25.0 Å². The predicted molar refractivity (Wildman–Crippen MR) is 126 cm³/mol. The van der Waals surface area contributed by atoms with Crippen LogP contribution >= 0.6 is 23.8 Å². The third kappa shape index (κ3) is 6.04. The van der Waals surface area contributed by atoms with Crippen LogP contribution in [0.4, 0.5) is 11.8 Å². The summed E-state index contributed by atoms with van der Waals surface area (Å²) in [7, 11) is 0. The van der Waals surface area contributed by atoms with Crippen LogP contribution in [0.15, 0.2) is 60.7 Å². The summed E-state index contributed by atoms with van der Waals surface area (Å²) >= 11 is 11.6. The number of benzene rings is 2. The van der Waals surface area contributed by atoms with E-state index in [-0.39, 0.29) is 0 Å². The van der Waals surface area contributed by atoms with Crippen LogP contribution < -0.4 is 20.3 Å². The van der Waals surface area contributed by atoms with Crippen molar-refractivity contribution in [2.24, 2.45) is 0 Å². The molecule has 1 aliphatic heterocycles. The molecule has 0 spiro atoms. The predicted octanol–water partition coefficient (Wildman–Crippen LogP) is 4.25. The van der Waals surface area contributed by atoms with Gasteiger partial charge in [0.2, 0.25) is 11.8 Å². The molecular weight excluding hydrogens is 434 g/mol. The average Bonchev–Trinajstić information content (AvgIpc) is 2.80. The zero-order chi connectivity index (χ0) is 21.5. The fourth-order valence-electron chi connectivity index (χ4n) is 3.05. The van der Waals surface area contributed by atoms with Gasteiger partial charge in [0.25, 0.3) is 0 Å². The number of halogens is 1. The number of hydrogen-bond donors (Lipinski definition) is 2. The second-order valence-corrected chi connectivity index (χ2v) is 7.62. The van der Waals surface area contributed by atoms with Gasteiger partial charge in [-0.2, -0.15) is 9.97 Å². The van der Waals surface area contributed by atoms with E-state index in [2.05, 4.69) is 25.5 Å². The summed E-state index contributed by atoms with van der Waals surface area (Å²) in [6.07, 6.45) is 0. The van der Waals surface area contributed by atoms with Gasteiger partial charge in [-0.3, -0.25) is 0 Å². The van der Waals surface area contributed by atoms with E-state index in [1.54, 1.807) is 0 Å². The Bertz CT molecular complexity index is 1030. The number of thiocarbonyl (C=S) groups is 1. The quantitative estimate of drug-likeness (QED) is 0.534. The summed E-state index contributed by atoms with van der Waals surface area (Å²) in [5.74, 6) is 2.23. The van der Waals surface area contributed by atoms with Gasteiger partial charge in [0.05, 0.1) is 13.2 Å². The molecule has 2 aromatic carbocycles. The summed E-state index contributed by atoms with van der Waals surface area (Å²) in [5.41, 5.74) is 0.949. The lowest BCUT2D eigenvalue weighted by atomic mass is 10.2. The minimum atomic E-state index is 0.353. The number of rotatable bonds is 6. The smallest absolute Gasteiger partial charge is 0.234 e. The molecule has 4 rings (SSSR count). The van der Waals surface area contributed by atoms with Gasteiger partial charge in [0.15, 0.2) is 5.11 Å². The monoisotopic (exact) mass is 455 g/mol. The van der Waals surface area contributed by atoms with Crippen molar-refractivity contribution in [3.63, 3.8) is 0 Å². The van der Waals surface area contributed by atoms with Gasteiger partial charge in [-0.05, 0) is 36.0 Å². The van der Waals surface area contributed by atoms with Crippen LogP contribution in [0.25, 0.3) is 0 Å². The van der Waals surface area contributed by atoms with E-state index in [1.807, 2.05) is 60.7 Å². The first kappa shape index (κ1) is 21.3. The fraction of sp³-hybridized carbons (Fsp3) is 0.227. The van der Waals surface area contributed by atoms with Crippen LogP contribution in [0, 0.1) is 0 Å². The lowest BCUT2D eigenvalue weighted by Crippen LogP contribution is -2.37. The average molecular weight is 456 g/mol. The SMILES string of the molecule is S=C(NCc1ccccc1Cl)Nc1nc(Oc2ccccc2)cc(N2CCOCC2)n1. The normalized spacial score (nSPS) is 13.5. The first-order chi connectivity index (χ1) is 15.2. The zero-order valence-electron chi connectivity index (χ0n) is 16.8. The molecule has 31 heavy (non-hydrogen) atoms. The maximum absolute atomic E-state index is 6.21. The second kappa shape index (κ2) is 10.4. The summed E-state index contributed by atoms with van der Waals surface area (Å²) in [5, 5.41) is 7.27. The molecule has 2 N–H and O–H groups in total. The molecule has 2 heterocycles. The highest BCUT2D eigenvalue weighted by molar-refractivity contribution is 7.80. The largest absolute Gasteiger partial charge is 0.439 e. The third-order valence-electron chi connectivity index (χ3n) is 4.61. The van der Waals surface area contributed by atoms with Crippen molar-refractivity contribution in [1.29, 1.82) is 0 Å². The van der Waals surface area contributed by atoms with Gasteiger partial charge in [-0.15, -0.1) is 0 Å². The van der Waals surface area contributed by atoms with Gasteiger partial charge in [-0.1, -0.05) is 48.0 Å². The molecule has 0 aliphatic carbocycles. The van der Waals surface area contributed by atoms with Crippen molar-refractivity contribution in [3.05, 3.63) is 71.2 Å². The lowest BCUT2D eigenvalue weighted by Gasteiger charge is -2.28. The van der Waals surface area contributed by atoms with E-state index in [4.69, 9.17) is 33.3 Å². The minimum absolute atomic E-state index is 0.353. The standard InChI is InChI=1S/C22H22ClN5O2S/c23-18-9-5-4-6-16(18)15-24-22(31)27-21-25-19(28-10-12-29-13-11-28)14-20(26-21)30-17-7-2-1-3-8-17/h1-9,14H,10-13,15H2,(H2,24,25,26,27,31). The Morgan fingerprint density at radius 1 is 1.06 bits per heavy atom. The van der Waals surface area contributed by atoms with E-state index in [0.29, 0.717) is 47.5 Å². The lowest BCUT2D eigenvalue weighted by molar-refractivity contribution is 0.122. The van der Waals surface area contributed by atoms with Crippen LogP contribution in [0.2, 0.25) is 5.02 Å². The van der Waals surface area contributed by atoms with Crippen LogP contribution in [0.5, 0.6) is 11.6 Å². The van der Waals surface area contributed by atoms with Crippen molar-refractivity contribution >= 4 is 40.7 Å². The number of nitrogens with zero attached hydrogens (tertiary/aromatic N) is 3. The zero-order valence-corrected chi connectivity index (χ0v) is 18.3. The summed E-state index contributed by atoms with van der Waals surface area (Å²) < 4.78 is 11.4. The summed E-state index contributed by atoms with van der Waals surface area (Å²) in [6.45, 7) is 3.29. The number of aromatic nitrogens is 2. The second-order valence-electron chi connectivity index (χ2n) is 6.80. The molecule has 7 nitrogen and oxygen atoms in total. The molecule has 1 saturated heterocycles. The highest BCUT2D eigenvalue weighted by atomic mass is 35.5. The van der Waals surface area contributed by atoms with Gasteiger partial charge in [0, 0.05) is 30.7 Å².